The average molecular weight is 331 g/mol. The third-order valence-electron chi connectivity index (χ3n) is 2.91. The second-order valence-electron chi connectivity index (χ2n) is 6.12. The molecule has 2 heterocycles. The number of alkyl carbamates (subject to hydrolysis) is 1. The Labute approximate surface area is 137 Å². The molecule has 24 heavy (non-hydrogen) atoms. The molecule has 9 heteroatoms. The molecule has 2 rings (SSSR count). The summed E-state index contributed by atoms with van der Waals surface area (Å²) in [6, 6.07) is 0.724. The maximum Gasteiger partial charge on any atom is 0.408 e. The average Bonchev–Trinajstić information content (AvgIpc) is 2.86. The number of fused-ring (bicyclic) bond motifs is 1. The fourth-order valence-corrected chi connectivity index (χ4v) is 1.96. The highest BCUT2D eigenvalue weighted by molar-refractivity contribution is 5.80. The van der Waals surface area contributed by atoms with Gasteiger partial charge >= 0.3 is 12.1 Å². The maximum absolute atomic E-state index is 11.7. The van der Waals surface area contributed by atoms with E-state index in [9.17, 15) is 14.7 Å². The number of ether oxygens (including phenoxy) is 1. The summed E-state index contributed by atoms with van der Waals surface area (Å²) in [5, 5.41) is 20.4. The molecular formula is C15H17N5O4. The van der Waals surface area contributed by atoms with Gasteiger partial charge in [-0.2, -0.15) is 5.26 Å². The van der Waals surface area contributed by atoms with Crippen LogP contribution in [-0.2, 0) is 16.0 Å². The van der Waals surface area contributed by atoms with Gasteiger partial charge in [0.25, 0.3) is 0 Å². The van der Waals surface area contributed by atoms with Crippen molar-refractivity contribution in [3.63, 3.8) is 0 Å². The van der Waals surface area contributed by atoms with Gasteiger partial charge in [0.05, 0.1) is 11.9 Å². The van der Waals surface area contributed by atoms with Gasteiger partial charge in [-0.05, 0) is 20.8 Å². The lowest BCUT2D eigenvalue weighted by Gasteiger charge is -2.21. The molecule has 2 aromatic rings. The second kappa shape index (κ2) is 6.54. The highest BCUT2D eigenvalue weighted by Gasteiger charge is 2.24. The van der Waals surface area contributed by atoms with E-state index in [0.29, 0.717) is 11.3 Å². The second-order valence-corrected chi connectivity index (χ2v) is 6.12. The van der Waals surface area contributed by atoms with E-state index in [1.165, 1.54) is 12.4 Å². The van der Waals surface area contributed by atoms with Crippen molar-refractivity contribution in [1.29, 1.82) is 5.26 Å². The highest BCUT2D eigenvalue weighted by atomic mass is 16.6. The molecule has 0 aromatic carbocycles. The largest absolute Gasteiger partial charge is 0.480 e. The van der Waals surface area contributed by atoms with E-state index in [2.05, 4.69) is 15.3 Å². The molecular weight excluding hydrogens is 314 g/mol. The van der Waals surface area contributed by atoms with Crippen LogP contribution in [0.25, 0.3) is 5.65 Å². The summed E-state index contributed by atoms with van der Waals surface area (Å²) < 4.78 is 6.64. The van der Waals surface area contributed by atoms with Crippen molar-refractivity contribution in [2.24, 2.45) is 0 Å². The molecule has 126 valence electrons. The summed E-state index contributed by atoms with van der Waals surface area (Å²) in [6.45, 7) is 5.05. The first-order valence-electron chi connectivity index (χ1n) is 7.14. The van der Waals surface area contributed by atoms with Gasteiger partial charge in [0, 0.05) is 18.8 Å². The Bertz CT molecular complexity index is 815. The number of carboxylic acid groups (broad SMARTS) is 1. The molecule has 1 atom stereocenters. The number of aliphatic carboxylic acids is 1. The Kier molecular flexibility index (Phi) is 4.69. The molecule has 2 aromatic heterocycles. The first kappa shape index (κ1) is 17.2. The summed E-state index contributed by atoms with van der Waals surface area (Å²) in [6.07, 6.45) is 3.66. The molecule has 0 fully saturated rings. The summed E-state index contributed by atoms with van der Waals surface area (Å²) in [4.78, 5) is 31.2. The number of nitriles is 1. The molecule has 0 spiro atoms. The maximum atomic E-state index is 11.7. The lowest BCUT2D eigenvalue weighted by Crippen LogP contribution is -2.44. The molecule has 0 aliphatic rings. The normalized spacial score (nSPS) is 12.4. The standard InChI is InChI=1S/C15H17N5O4/c1-15(2,3)24-14(23)19-11(13(21)22)4-9-7-20-8-10(5-16)18-12(20)6-17-9/h6-8,11H,4H2,1-3H3,(H,19,23)(H,21,22). The van der Waals surface area contributed by atoms with Crippen LogP contribution in [0.2, 0.25) is 0 Å². The number of amides is 1. The Morgan fingerprint density at radius 2 is 2.17 bits per heavy atom. The number of nitrogens with zero attached hydrogens (tertiary/aromatic N) is 4. The van der Waals surface area contributed by atoms with E-state index in [1.807, 2.05) is 6.07 Å². The van der Waals surface area contributed by atoms with Crippen molar-refractivity contribution >= 4 is 17.7 Å². The predicted molar refractivity (Wildman–Crippen MR) is 82.2 cm³/mol. The monoisotopic (exact) mass is 331 g/mol. The molecule has 1 amide bonds. The first-order chi connectivity index (χ1) is 11.2. The van der Waals surface area contributed by atoms with Gasteiger partial charge in [-0.25, -0.2) is 14.6 Å². The number of aromatic nitrogens is 3. The van der Waals surface area contributed by atoms with Crippen molar-refractivity contribution in [1.82, 2.24) is 19.7 Å². The number of rotatable bonds is 4. The Morgan fingerprint density at radius 1 is 1.46 bits per heavy atom. The summed E-state index contributed by atoms with van der Waals surface area (Å²) >= 11 is 0. The van der Waals surface area contributed by atoms with E-state index in [4.69, 9.17) is 10.00 Å². The van der Waals surface area contributed by atoms with Crippen LogP contribution in [0.5, 0.6) is 0 Å². The van der Waals surface area contributed by atoms with Crippen molar-refractivity contribution in [3.8, 4) is 6.07 Å². The van der Waals surface area contributed by atoms with Crippen LogP contribution >= 0.6 is 0 Å². The number of imidazole rings is 1. The zero-order valence-electron chi connectivity index (χ0n) is 13.5. The SMILES string of the molecule is CC(C)(C)OC(=O)NC(Cc1cn2cc(C#N)nc2cn1)C(=O)O. The van der Waals surface area contributed by atoms with E-state index < -0.39 is 23.7 Å². The fraction of sp³-hybridized carbons (Fsp3) is 0.400. The minimum atomic E-state index is -1.20. The van der Waals surface area contributed by atoms with Gasteiger partial charge in [-0.15, -0.1) is 0 Å². The van der Waals surface area contributed by atoms with Crippen LogP contribution in [0.4, 0.5) is 4.79 Å². The molecule has 0 aliphatic carbocycles. The van der Waals surface area contributed by atoms with Gasteiger partial charge in [-0.1, -0.05) is 0 Å². The van der Waals surface area contributed by atoms with Crippen molar-refractivity contribution in [2.75, 3.05) is 0 Å². The van der Waals surface area contributed by atoms with Gasteiger partial charge in [0.2, 0.25) is 0 Å². The highest BCUT2D eigenvalue weighted by Crippen LogP contribution is 2.09. The van der Waals surface area contributed by atoms with E-state index >= 15 is 0 Å². The zero-order valence-corrected chi connectivity index (χ0v) is 13.5. The summed E-state index contributed by atoms with van der Waals surface area (Å²) in [7, 11) is 0. The smallest absolute Gasteiger partial charge is 0.408 e. The number of carboxylic acids is 1. The van der Waals surface area contributed by atoms with Crippen molar-refractivity contribution in [3.05, 3.63) is 30.0 Å². The number of hydrogen-bond acceptors (Lipinski definition) is 6. The summed E-state index contributed by atoms with van der Waals surface area (Å²) in [5.74, 6) is -1.20. The molecule has 2 N–H and O–H groups in total. The lowest BCUT2D eigenvalue weighted by molar-refractivity contribution is -0.139. The van der Waals surface area contributed by atoms with Crippen LogP contribution < -0.4 is 5.32 Å². The summed E-state index contributed by atoms with van der Waals surface area (Å²) in [5.41, 5.74) is 0.403. The predicted octanol–water partition coefficient (Wildman–Crippen LogP) is 1.12. The molecule has 0 saturated carbocycles. The number of carbonyl (C=O) groups is 2. The van der Waals surface area contributed by atoms with Crippen LogP contribution in [-0.4, -0.2) is 43.2 Å². The first-order valence-corrected chi connectivity index (χ1v) is 7.14. The van der Waals surface area contributed by atoms with E-state index in [0.717, 1.165) is 0 Å². The number of carbonyl (C=O) groups excluding carboxylic acids is 1. The molecule has 9 nitrogen and oxygen atoms in total. The van der Waals surface area contributed by atoms with Gasteiger partial charge in [-0.3, -0.25) is 4.98 Å². The minimum absolute atomic E-state index is 0.0371. The lowest BCUT2D eigenvalue weighted by atomic mass is 10.1. The van der Waals surface area contributed by atoms with Gasteiger partial charge < -0.3 is 19.6 Å². The van der Waals surface area contributed by atoms with E-state index in [1.54, 1.807) is 31.4 Å². The van der Waals surface area contributed by atoms with Crippen LogP contribution in [0.1, 0.15) is 32.2 Å². The molecule has 1 unspecified atom stereocenters. The molecule has 0 radical (unpaired) electrons. The van der Waals surface area contributed by atoms with Crippen molar-refractivity contribution in [2.45, 2.75) is 38.8 Å². The Balaban J connectivity index is 2.14. The number of nitrogens with one attached hydrogen (secondary N) is 1. The number of hydrogen-bond donors (Lipinski definition) is 2. The van der Waals surface area contributed by atoms with Crippen LogP contribution in [0, 0.1) is 11.3 Å². The van der Waals surface area contributed by atoms with Crippen molar-refractivity contribution < 1.29 is 19.4 Å². The topological polar surface area (TPSA) is 130 Å². The minimum Gasteiger partial charge on any atom is -0.480 e. The Hall–Kier alpha value is -3.15. The van der Waals surface area contributed by atoms with Crippen LogP contribution in [0.15, 0.2) is 18.6 Å². The van der Waals surface area contributed by atoms with Crippen LogP contribution in [0.3, 0.4) is 0 Å². The quantitative estimate of drug-likeness (QED) is 0.858. The molecule has 0 bridgehead atoms. The molecule has 0 saturated heterocycles. The third-order valence-corrected chi connectivity index (χ3v) is 2.91. The zero-order chi connectivity index (χ0) is 17.9. The third kappa shape index (κ3) is 4.42. The molecule has 0 aliphatic heterocycles. The van der Waals surface area contributed by atoms with Gasteiger partial charge in [0.1, 0.15) is 17.7 Å². The van der Waals surface area contributed by atoms with E-state index in [-0.39, 0.29) is 12.1 Å². The van der Waals surface area contributed by atoms with Gasteiger partial charge in [0.15, 0.2) is 11.3 Å². The fourth-order valence-electron chi connectivity index (χ4n) is 1.96. The Morgan fingerprint density at radius 3 is 2.75 bits per heavy atom.